The molecule has 1 rings (SSSR count). The van der Waals surface area contributed by atoms with Crippen LogP contribution in [0.3, 0.4) is 0 Å². The van der Waals surface area contributed by atoms with Crippen LogP contribution in [-0.4, -0.2) is 26.2 Å². The van der Waals surface area contributed by atoms with Crippen LogP contribution in [0.4, 0.5) is 0 Å². The van der Waals surface area contributed by atoms with Gasteiger partial charge in [0.2, 0.25) is 0 Å². The van der Waals surface area contributed by atoms with E-state index < -0.39 is 5.54 Å². The molecule has 0 aromatic heterocycles. The number of rotatable bonds is 7. The van der Waals surface area contributed by atoms with Crippen LogP contribution < -0.4 is 5.32 Å². The predicted molar refractivity (Wildman–Crippen MR) is 77.5 cm³/mol. The highest BCUT2D eigenvalue weighted by Gasteiger charge is 2.35. The lowest BCUT2D eigenvalue weighted by atomic mass is 9.92. The van der Waals surface area contributed by atoms with Gasteiger partial charge in [-0.05, 0) is 43.1 Å². The fourth-order valence-electron chi connectivity index (χ4n) is 1.81. The normalized spacial score (nSPS) is 13.2. The van der Waals surface area contributed by atoms with Crippen molar-refractivity contribution in [2.24, 2.45) is 5.11 Å². The number of methoxy groups -OCH3 is 1. The summed E-state index contributed by atoms with van der Waals surface area (Å²) in [7, 11) is 1.35. The molecule has 108 valence electrons. The van der Waals surface area contributed by atoms with Crippen LogP contribution in [-0.2, 0) is 15.1 Å². The Labute approximate surface area is 122 Å². The predicted octanol–water partition coefficient (Wildman–Crippen LogP) is 3.02. The number of carbonyl (C=O) groups is 1. The van der Waals surface area contributed by atoms with Crippen LogP contribution in [0.15, 0.2) is 29.4 Å². The summed E-state index contributed by atoms with van der Waals surface area (Å²) < 4.78 is 4.86. The zero-order chi connectivity index (χ0) is 15.0. The van der Waals surface area contributed by atoms with Crippen LogP contribution in [0.5, 0.6) is 0 Å². The van der Waals surface area contributed by atoms with Crippen LogP contribution in [0.1, 0.15) is 18.9 Å². The Morgan fingerprint density at radius 3 is 2.70 bits per heavy atom. The average molecular weight is 297 g/mol. The third kappa shape index (κ3) is 4.13. The Morgan fingerprint density at radius 1 is 1.50 bits per heavy atom. The van der Waals surface area contributed by atoms with Gasteiger partial charge in [0.15, 0.2) is 0 Å². The van der Waals surface area contributed by atoms with Gasteiger partial charge in [0.25, 0.3) is 0 Å². The standard InChI is InChI=1S/C13H17ClN4O2/c1-13(12(19)20-2,16-8-3-9-17-18-15)10-4-6-11(14)7-5-10/h4-7,16H,3,8-9H2,1-2H3. The summed E-state index contributed by atoms with van der Waals surface area (Å²) in [4.78, 5) is 14.7. The molecular formula is C13H17ClN4O2. The minimum atomic E-state index is -0.963. The van der Waals surface area contributed by atoms with E-state index in [0.29, 0.717) is 24.5 Å². The molecule has 0 aliphatic rings. The number of azide groups is 1. The number of nitrogens with one attached hydrogen (secondary N) is 1. The Kier molecular flexibility index (Phi) is 6.31. The van der Waals surface area contributed by atoms with E-state index in [0.717, 1.165) is 5.56 Å². The summed E-state index contributed by atoms with van der Waals surface area (Å²) in [5.74, 6) is -0.386. The number of esters is 1. The molecule has 1 aromatic rings. The number of hydrogen-bond donors (Lipinski definition) is 1. The molecule has 0 fully saturated rings. The molecule has 0 aliphatic heterocycles. The zero-order valence-electron chi connectivity index (χ0n) is 11.5. The molecular weight excluding hydrogens is 280 g/mol. The zero-order valence-corrected chi connectivity index (χ0v) is 12.2. The lowest BCUT2D eigenvalue weighted by molar-refractivity contribution is -0.148. The minimum absolute atomic E-state index is 0.376. The van der Waals surface area contributed by atoms with E-state index in [1.54, 1.807) is 31.2 Å². The largest absolute Gasteiger partial charge is 0.467 e. The Balaban J connectivity index is 2.83. The van der Waals surface area contributed by atoms with Crippen molar-refractivity contribution in [3.63, 3.8) is 0 Å². The van der Waals surface area contributed by atoms with E-state index in [1.165, 1.54) is 7.11 Å². The van der Waals surface area contributed by atoms with E-state index in [4.69, 9.17) is 21.9 Å². The second kappa shape index (κ2) is 7.75. The Hall–Kier alpha value is -1.75. The maximum Gasteiger partial charge on any atom is 0.330 e. The summed E-state index contributed by atoms with van der Waals surface area (Å²) in [5.41, 5.74) is 8.01. The molecule has 0 aliphatic carbocycles. The van der Waals surface area contributed by atoms with Crippen LogP contribution in [0.25, 0.3) is 10.4 Å². The highest BCUT2D eigenvalue weighted by Crippen LogP contribution is 2.24. The second-order valence-corrected chi connectivity index (χ2v) is 4.79. The molecule has 1 N–H and O–H groups in total. The molecule has 6 nitrogen and oxygen atoms in total. The summed E-state index contributed by atoms with van der Waals surface area (Å²) in [6.07, 6.45) is 0.629. The van der Waals surface area contributed by atoms with E-state index in [2.05, 4.69) is 15.3 Å². The van der Waals surface area contributed by atoms with Gasteiger partial charge in [0.1, 0.15) is 5.54 Å². The van der Waals surface area contributed by atoms with Crippen molar-refractivity contribution in [3.8, 4) is 0 Å². The second-order valence-electron chi connectivity index (χ2n) is 4.36. The molecule has 0 amide bonds. The van der Waals surface area contributed by atoms with Gasteiger partial charge in [-0.2, -0.15) is 0 Å². The van der Waals surface area contributed by atoms with Gasteiger partial charge in [0.05, 0.1) is 7.11 Å². The van der Waals surface area contributed by atoms with Crippen LogP contribution in [0.2, 0.25) is 5.02 Å². The van der Waals surface area contributed by atoms with E-state index >= 15 is 0 Å². The summed E-state index contributed by atoms with van der Waals surface area (Å²) >= 11 is 5.85. The van der Waals surface area contributed by atoms with Gasteiger partial charge < -0.3 is 4.74 Å². The van der Waals surface area contributed by atoms with Crippen molar-refractivity contribution >= 4 is 17.6 Å². The first-order valence-corrected chi connectivity index (χ1v) is 6.52. The molecule has 1 aromatic carbocycles. The Morgan fingerprint density at radius 2 is 2.15 bits per heavy atom. The van der Waals surface area contributed by atoms with Gasteiger partial charge in [-0.3, -0.25) is 5.32 Å². The van der Waals surface area contributed by atoms with Gasteiger partial charge in [-0.25, -0.2) is 4.79 Å². The molecule has 7 heteroatoms. The maximum absolute atomic E-state index is 12.0. The van der Waals surface area contributed by atoms with Crippen molar-refractivity contribution in [2.75, 3.05) is 20.2 Å². The lowest BCUT2D eigenvalue weighted by Crippen LogP contribution is -2.47. The van der Waals surface area contributed by atoms with E-state index in [-0.39, 0.29) is 5.97 Å². The fraction of sp³-hybridized carbons (Fsp3) is 0.462. The first kappa shape index (κ1) is 16.3. The molecule has 0 heterocycles. The molecule has 0 saturated carbocycles. The highest BCUT2D eigenvalue weighted by atomic mass is 35.5. The number of ether oxygens (including phenoxy) is 1. The smallest absolute Gasteiger partial charge is 0.330 e. The van der Waals surface area contributed by atoms with Gasteiger partial charge in [0, 0.05) is 16.5 Å². The van der Waals surface area contributed by atoms with Crippen molar-refractivity contribution in [1.29, 1.82) is 0 Å². The maximum atomic E-state index is 12.0. The summed E-state index contributed by atoms with van der Waals surface area (Å²) in [6.45, 7) is 2.64. The van der Waals surface area contributed by atoms with E-state index in [9.17, 15) is 4.79 Å². The SMILES string of the molecule is COC(=O)C(C)(NCCCN=[N+]=[N-])c1ccc(Cl)cc1. The minimum Gasteiger partial charge on any atom is -0.467 e. The number of benzene rings is 1. The van der Waals surface area contributed by atoms with Crippen molar-refractivity contribution in [2.45, 2.75) is 18.9 Å². The monoisotopic (exact) mass is 296 g/mol. The molecule has 0 spiro atoms. The number of halogens is 1. The number of hydrogen-bond acceptors (Lipinski definition) is 4. The molecule has 20 heavy (non-hydrogen) atoms. The quantitative estimate of drug-likeness (QED) is 0.276. The fourth-order valence-corrected chi connectivity index (χ4v) is 1.94. The molecule has 0 bridgehead atoms. The van der Waals surface area contributed by atoms with Gasteiger partial charge in [-0.15, -0.1) is 0 Å². The van der Waals surface area contributed by atoms with Crippen molar-refractivity contribution in [1.82, 2.24) is 5.32 Å². The average Bonchev–Trinajstić information content (AvgIpc) is 2.46. The van der Waals surface area contributed by atoms with Gasteiger partial charge in [-0.1, -0.05) is 28.8 Å². The first-order valence-electron chi connectivity index (χ1n) is 6.15. The van der Waals surface area contributed by atoms with Gasteiger partial charge >= 0.3 is 5.97 Å². The first-order chi connectivity index (χ1) is 9.54. The lowest BCUT2D eigenvalue weighted by Gasteiger charge is -2.28. The number of nitrogens with zero attached hydrogens (tertiary/aromatic N) is 3. The van der Waals surface area contributed by atoms with Crippen molar-refractivity contribution in [3.05, 3.63) is 45.3 Å². The van der Waals surface area contributed by atoms with Crippen LogP contribution in [0, 0.1) is 0 Å². The summed E-state index contributed by atoms with van der Waals surface area (Å²) in [6, 6.07) is 7.00. The molecule has 0 saturated heterocycles. The van der Waals surface area contributed by atoms with Crippen LogP contribution >= 0.6 is 11.6 Å². The third-order valence-electron chi connectivity index (χ3n) is 2.99. The Bertz CT molecular complexity index is 500. The molecule has 0 radical (unpaired) electrons. The summed E-state index contributed by atoms with van der Waals surface area (Å²) in [5, 5.41) is 7.19. The topological polar surface area (TPSA) is 87.1 Å². The van der Waals surface area contributed by atoms with E-state index in [1.807, 2.05) is 0 Å². The highest BCUT2D eigenvalue weighted by molar-refractivity contribution is 6.30. The van der Waals surface area contributed by atoms with Crippen molar-refractivity contribution < 1.29 is 9.53 Å². The molecule has 1 unspecified atom stereocenters. The number of carbonyl (C=O) groups excluding carboxylic acids is 1. The molecule has 1 atom stereocenters. The third-order valence-corrected chi connectivity index (χ3v) is 3.24.